The monoisotopic (exact) mass is 360 g/mol. The summed E-state index contributed by atoms with van der Waals surface area (Å²) in [6.07, 6.45) is 3.11. The van der Waals surface area contributed by atoms with Gasteiger partial charge in [0.25, 0.3) is 0 Å². The lowest BCUT2D eigenvalue weighted by Gasteiger charge is -2.21. The molecule has 3 aromatic rings. The van der Waals surface area contributed by atoms with Crippen molar-refractivity contribution in [2.24, 2.45) is 0 Å². The van der Waals surface area contributed by atoms with Gasteiger partial charge < -0.3 is 9.84 Å². The van der Waals surface area contributed by atoms with Gasteiger partial charge in [0, 0.05) is 22.6 Å². The highest BCUT2D eigenvalue weighted by atomic mass is 16.5. The van der Waals surface area contributed by atoms with Gasteiger partial charge in [-0.2, -0.15) is 0 Å². The van der Waals surface area contributed by atoms with Crippen molar-refractivity contribution in [3.8, 4) is 22.6 Å². The Morgan fingerprint density at radius 1 is 0.889 bits per heavy atom. The van der Waals surface area contributed by atoms with E-state index in [4.69, 9.17) is 4.74 Å². The van der Waals surface area contributed by atoms with E-state index in [2.05, 4.69) is 44.2 Å². The Bertz CT molecular complexity index is 884. The number of unbranched alkanes of at least 4 members (excludes halogenated alkanes) is 1. The van der Waals surface area contributed by atoms with Crippen LogP contribution in [-0.2, 0) is 6.42 Å². The van der Waals surface area contributed by atoms with E-state index in [0.717, 1.165) is 52.8 Å². The molecule has 140 valence electrons. The predicted octanol–water partition coefficient (Wildman–Crippen LogP) is 6.56. The fourth-order valence-corrected chi connectivity index (χ4v) is 3.67. The van der Waals surface area contributed by atoms with Crippen molar-refractivity contribution in [2.75, 3.05) is 7.11 Å². The van der Waals surface area contributed by atoms with Crippen LogP contribution < -0.4 is 4.74 Å². The first-order valence-electron chi connectivity index (χ1n) is 9.70. The standard InChI is InChI=1S/C25H28O2/c1-4-5-11-20-14-9-15-21(24(20)26)18(2)22-16-10-17-23(25(22)27-3)19-12-7-6-8-13-19/h6-10,12-18,26H,4-5,11H2,1-3H3. The highest BCUT2D eigenvalue weighted by Gasteiger charge is 2.20. The summed E-state index contributed by atoms with van der Waals surface area (Å²) in [6, 6.07) is 22.6. The van der Waals surface area contributed by atoms with Crippen LogP contribution in [0.3, 0.4) is 0 Å². The normalized spacial score (nSPS) is 12.0. The molecule has 0 radical (unpaired) electrons. The van der Waals surface area contributed by atoms with Crippen LogP contribution in [0.2, 0.25) is 0 Å². The predicted molar refractivity (Wildman–Crippen MR) is 113 cm³/mol. The van der Waals surface area contributed by atoms with Gasteiger partial charge in [0.2, 0.25) is 0 Å². The average Bonchev–Trinajstić information content (AvgIpc) is 2.72. The maximum absolute atomic E-state index is 10.9. The zero-order chi connectivity index (χ0) is 19.2. The lowest BCUT2D eigenvalue weighted by atomic mass is 9.87. The quantitative estimate of drug-likeness (QED) is 0.517. The Labute approximate surface area is 162 Å². The molecular formula is C25H28O2. The molecule has 0 spiro atoms. The largest absolute Gasteiger partial charge is 0.507 e. The molecule has 0 aromatic heterocycles. The zero-order valence-electron chi connectivity index (χ0n) is 16.4. The highest BCUT2D eigenvalue weighted by Crippen LogP contribution is 2.41. The second-order valence-electron chi connectivity index (χ2n) is 6.97. The summed E-state index contributed by atoms with van der Waals surface area (Å²) in [5, 5.41) is 10.9. The summed E-state index contributed by atoms with van der Waals surface area (Å²) in [4.78, 5) is 0. The number of rotatable bonds is 7. The van der Waals surface area contributed by atoms with Crippen molar-refractivity contribution < 1.29 is 9.84 Å². The van der Waals surface area contributed by atoms with E-state index in [1.165, 1.54) is 0 Å². The molecule has 2 nitrogen and oxygen atoms in total. The molecule has 2 heteroatoms. The Morgan fingerprint density at radius 3 is 2.30 bits per heavy atom. The first-order valence-corrected chi connectivity index (χ1v) is 9.70. The number of aryl methyl sites for hydroxylation is 1. The van der Waals surface area contributed by atoms with Crippen molar-refractivity contribution >= 4 is 0 Å². The minimum Gasteiger partial charge on any atom is -0.507 e. The van der Waals surface area contributed by atoms with Crippen LogP contribution in [-0.4, -0.2) is 12.2 Å². The summed E-state index contributed by atoms with van der Waals surface area (Å²) in [5.74, 6) is 1.32. The number of benzene rings is 3. The molecule has 0 saturated carbocycles. The van der Waals surface area contributed by atoms with Crippen LogP contribution in [0.5, 0.6) is 11.5 Å². The number of aromatic hydroxyl groups is 1. The lowest BCUT2D eigenvalue weighted by molar-refractivity contribution is 0.409. The number of phenols is 1. The Kier molecular flexibility index (Phi) is 6.18. The van der Waals surface area contributed by atoms with Crippen LogP contribution in [0, 0.1) is 0 Å². The van der Waals surface area contributed by atoms with Gasteiger partial charge >= 0.3 is 0 Å². The number of phenolic OH excluding ortho intramolecular Hbond substituents is 1. The van der Waals surface area contributed by atoms with Gasteiger partial charge in [-0.25, -0.2) is 0 Å². The molecule has 1 N–H and O–H groups in total. The SMILES string of the molecule is CCCCc1cccc(C(C)c2cccc(-c3ccccc3)c2OC)c1O. The van der Waals surface area contributed by atoms with Crippen LogP contribution >= 0.6 is 0 Å². The fraction of sp³-hybridized carbons (Fsp3) is 0.280. The first kappa shape index (κ1) is 19.0. The lowest BCUT2D eigenvalue weighted by Crippen LogP contribution is -2.02. The number of para-hydroxylation sites is 2. The van der Waals surface area contributed by atoms with Crippen LogP contribution in [0.4, 0.5) is 0 Å². The van der Waals surface area contributed by atoms with Gasteiger partial charge in [0.05, 0.1) is 7.11 Å². The second-order valence-corrected chi connectivity index (χ2v) is 6.97. The maximum Gasteiger partial charge on any atom is 0.130 e. The van der Waals surface area contributed by atoms with Crippen molar-refractivity contribution in [1.82, 2.24) is 0 Å². The molecule has 0 aliphatic heterocycles. The summed E-state index contributed by atoms with van der Waals surface area (Å²) in [5.41, 5.74) is 5.27. The molecule has 0 aliphatic carbocycles. The summed E-state index contributed by atoms with van der Waals surface area (Å²) in [6.45, 7) is 4.30. The van der Waals surface area contributed by atoms with Crippen LogP contribution in [0.25, 0.3) is 11.1 Å². The number of methoxy groups -OCH3 is 1. The summed E-state index contributed by atoms with van der Waals surface area (Å²) < 4.78 is 5.83. The minimum atomic E-state index is 0.0326. The van der Waals surface area contributed by atoms with Crippen molar-refractivity contribution in [3.63, 3.8) is 0 Å². The molecule has 0 saturated heterocycles. The van der Waals surface area contributed by atoms with Gasteiger partial charge in [0.1, 0.15) is 11.5 Å². The molecule has 3 aromatic carbocycles. The molecule has 27 heavy (non-hydrogen) atoms. The summed E-state index contributed by atoms with van der Waals surface area (Å²) in [7, 11) is 1.72. The van der Waals surface area contributed by atoms with E-state index in [1.54, 1.807) is 7.11 Å². The average molecular weight is 360 g/mol. The van der Waals surface area contributed by atoms with E-state index in [-0.39, 0.29) is 5.92 Å². The highest BCUT2D eigenvalue weighted by molar-refractivity contribution is 5.73. The third-order valence-electron chi connectivity index (χ3n) is 5.22. The molecule has 0 heterocycles. The van der Waals surface area contributed by atoms with Crippen molar-refractivity contribution in [2.45, 2.75) is 39.0 Å². The molecule has 0 bridgehead atoms. The maximum atomic E-state index is 10.9. The van der Waals surface area contributed by atoms with E-state index in [0.29, 0.717) is 5.75 Å². The Hall–Kier alpha value is -2.74. The van der Waals surface area contributed by atoms with Gasteiger partial charge in [0.15, 0.2) is 0 Å². The molecule has 3 rings (SSSR count). The molecule has 0 amide bonds. The fourth-order valence-electron chi connectivity index (χ4n) is 3.67. The van der Waals surface area contributed by atoms with Crippen molar-refractivity contribution in [1.29, 1.82) is 0 Å². The summed E-state index contributed by atoms with van der Waals surface area (Å²) >= 11 is 0. The van der Waals surface area contributed by atoms with E-state index in [9.17, 15) is 5.11 Å². The minimum absolute atomic E-state index is 0.0326. The second kappa shape index (κ2) is 8.77. The van der Waals surface area contributed by atoms with E-state index >= 15 is 0 Å². The number of hydrogen-bond donors (Lipinski definition) is 1. The molecule has 1 unspecified atom stereocenters. The molecular weight excluding hydrogens is 332 g/mol. The van der Waals surface area contributed by atoms with E-state index in [1.807, 2.05) is 36.4 Å². The van der Waals surface area contributed by atoms with Gasteiger partial charge in [-0.05, 0) is 24.0 Å². The molecule has 1 atom stereocenters. The topological polar surface area (TPSA) is 29.5 Å². The van der Waals surface area contributed by atoms with Gasteiger partial charge in [-0.1, -0.05) is 87.0 Å². The van der Waals surface area contributed by atoms with E-state index < -0.39 is 0 Å². The number of hydrogen-bond acceptors (Lipinski definition) is 2. The molecule has 0 fully saturated rings. The Balaban J connectivity index is 2.04. The van der Waals surface area contributed by atoms with Crippen molar-refractivity contribution in [3.05, 3.63) is 83.4 Å². The number of ether oxygens (including phenoxy) is 1. The van der Waals surface area contributed by atoms with Crippen LogP contribution in [0.1, 0.15) is 49.3 Å². The van der Waals surface area contributed by atoms with Crippen LogP contribution in [0.15, 0.2) is 66.7 Å². The smallest absolute Gasteiger partial charge is 0.130 e. The molecule has 0 aliphatic rings. The third-order valence-corrected chi connectivity index (χ3v) is 5.22. The third kappa shape index (κ3) is 4.00. The van der Waals surface area contributed by atoms with Gasteiger partial charge in [-0.15, -0.1) is 0 Å². The Morgan fingerprint density at radius 2 is 1.59 bits per heavy atom. The zero-order valence-corrected chi connectivity index (χ0v) is 16.4. The van der Waals surface area contributed by atoms with Gasteiger partial charge in [-0.3, -0.25) is 0 Å². The first-order chi connectivity index (χ1) is 13.2.